The number of rotatable bonds is 3. The van der Waals surface area contributed by atoms with Gasteiger partial charge in [0.2, 0.25) is 0 Å². The molecule has 19 heavy (non-hydrogen) atoms. The third kappa shape index (κ3) is 2.86. The zero-order valence-corrected chi connectivity index (χ0v) is 13.6. The van der Waals surface area contributed by atoms with E-state index in [-0.39, 0.29) is 5.92 Å². The van der Waals surface area contributed by atoms with E-state index in [1.807, 2.05) is 6.92 Å². The van der Waals surface area contributed by atoms with Crippen LogP contribution in [0.2, 0.25) is 0 Å². The minimum Gasteiger partial charge on any atom is -0.411 e. The third-order valence-corrected chi connectivity index (χ3v) is 7.80. The molecule has 5 nitrogen and oxygen atoms in total. The number of piperidine rings is 1. The first kappa shape index (κ1) is 15.0. The predicted molar refractivity (Wildman–Crippen MR) is 78.4 cm³/mol. The lowest BCUT2D eigenvalue weighted by atomic mass is 9.95. The lowest BCUT2D eigenvalue weighted by molar-refractivity contribution is 0.296. The van der Waals surface area contributed by atoms with Gasteiger partial charge in [0, 0.05) is 29.9 Å². The van der Waals surface area contributed by atoms with Crippen molar-refractivity contribution in [1.29, 1.82) is 0 Å². The molecule has 1 fully saturated rings. The van der Waals surface area contributed by atoms with Crippen molar-refractivity contribution < 1.29 is 13.6 Å². The zero-order valence-electron chi connectivity index (χ0n) is 10.4. The summed E-state index contributed by atoms with van der Waals surface area (Å²) in [6.07, 6.45) is 1.24. The van der Waals surface area contributed by atoms with E-state index in [0.717, 1.165) is 6.42 Å². The van der Waals surface area contributed by atoms with Crippen LogP contribution < -0.4 is 0 Å². The van der Waals surface area contributed by atoms with Gasteiger partial charge in [0.15, 0.2) is 0 Å². The van der Waals surface area contributed by atoms with E-state index in [0.29, 0.717) is 33.9 Å². The summed E-state index contributed by atoms with van der Waals surface area (Å²) < 4.78 is 27.5. The highest BCUT2D eigenvalue weighted by atomic mass is 79.9. The van der Waals surface area contributed by atoms with Crippen molar-refractivity contribution in [2.24, 2.45) is 11.1 Å². The van der Waals surface area contributed by atoms with Crippen LogP contribution in [0.1, 0.15) is 19.8 Å². The van der Waals surface area contributed by atoms with Gasteiger partial charge in [-0.2, -0.15) is 4.31 Å². The van der Waals surface area contributed by atoms with Gasteiger partial charge >= 0.3 is 0 Å². The van der Waals surface area contributed by atoms with E-state index in [9.17, 15) is 8.42 Å². The van der Waals surface area contributed by atoms with Gasteiger partial charge in [0.25, 0.3) is 10.0 Å². The van der Waals surface area contributed by atoms with Crippen LogP contribution in [0.3, 0.4) is 0 Å². The van der Waals surface area contributed by atoms with E-state index < -0.39 is 10.0 Å². The number of hydrogen-bond acceptors (Lipinski definition) is 5. The van der Waals surface area contributed by atoms with Crippen LogP contribution in [0.15, 0.2) is 25.3 Å². The van der Waals surface area contributed by atoms with Gasteiger partial charge in [-0.15, -0.1) is 11.3 Å². The maximum atomic E-state index is 12.5. The third-order valence-electron chi connectivity index (χ3n) is 3.29. The molecule has 8 heteroatoms. The Morgan fingerprint density at radius 2 is 2.37 bits per heavy atom. The molecule has 0 bridgehead atoms. The molecule has 0 amide bonds. The van der Waals surface area contributed by atoms with E-state index >= 15 is 0 Å². The summed E-state index contributed by atoms with van der Waals surface area (Å²) in [6.45, 7) is 2.71. The summed E-state index contributed by atoms with van der Waals surface area (Å²) in [5.74, 6) is -0.00716. The van der Waals surface area contributed by atoms with Crippen LogP contribution >= 0.6 is 27.3 Å². The molecule has 1 aliphatic rings. The Morgan fingerprint density at radius 1 is 1.63 bits per heavy atom. The molecule has 0 saturated carbocycles. The predicted octanol–water partition coefficient (Wildman–Crippen LogP) is 2.76. The standard InChI is InChI=1S/C11H15BrN2O3S2/c1-2-8-7-14(5-3-10(8)13-15)19(16,17)11-9(12)4-6-18-11/h4,6,8,15H,2-3,5,7H2,1H3/b13-10+. The lowest BCUT2D eigenvalue weighted by Crippen LogP contribution is -2.43. The first-order chi connectivity index (χ1) is 9.00. The van der Waals surface area contributed by atoms with Crippen LogP contribution in [0.5, 0.6) is 0 Å². The van der Waals surface area contributed by atoms with Gasteiger partial charge in [0.1, 0.15) is 4.21 Å². The maximum absolute atomic E-state index is 12.5. The van der Waals surface area contributed by atoms with Gasteiger partial charge in [-0.1, -0.05) is 12.1 Å². The Bertz CT molecular complexity index is 583. The highest BCUT2D eigenvalue weighted by Crippen LogP contribution is 2.32. The number of nitrogens with zero attached hydrogens (tertiary/aromatic N) is 2. The Balaban J connectivity index is 2.26. The Kier molecular flexibility index (Phi) is 4.65. The van der Waals surface area contributed by atoms with Crippen molar-refractivity contribution >= 4 is 43.0 Å². The number of hydrogen-bond donors (Lipinski definition) is 1. The summed E-state index contributed by atoms with van der Waals surface area (Å²) in [7, 11) is -3.46. The molecule has 2 heterocycles. The van der Waals surface area contributed by atoms with Gasteiger partial charge in [-0.05, 0) is 33.8 Å². The summed E-state index contributed by atoms with van der Waals surface area (Å²) in [5, 5.41) is 14.0. The number of sulfonamides is 1. The van der Waals surface area contributed by atoms with Crippen LogP contribution in [-0.2, 0) is 10.0 Å². The van der Waals surface area contributed by atoms with Crippen molar-refractivity contribution in [1.82, 2.24) is 4.31 Å². The Labute approximate surface area is 125 Å². The molecular weight excluding hydrogens is 352 g/mol. The number of oxime groups is 1. The smallest absolute Gasteiger partial charge is 0.253 e. The molecule has 0 aliphatic carbocycles. The highest BCUT2D eigenvalue weighted by Gasteiger charge is 2.34. The van der Waals surface area contributed by atoms with Crippen LogP contribution in [0.25, 0.3) is 0 Å². The van der Waals surface area contributed by atoms with Crippen LogP contribution in [0.4, 0.5) is 0 Å². The van der Waals surface area contributed by atoms with Gasteiger partial charge < -0.3 is 5.21 Å². The summed E-state index contributed by atoms with van der Waals surface area (Å²) in [6, 6.07) is 1.74. The summed E-state index contributed by atoms with van der Waals surface area (Å²) >= 11 is 4.48. The van der Waals surface area contributed by atoms with E-state index in [2.05, 4.69) is 21.1 Å². The van der Waals surface area contributed by atoms with Gasteiger partial charge in [-0.3, -0.25) is 0 Å². The molecular formula is C11H15BrN2O3S2. The highest BCUT2D eigenvalue weighted by molar-refractivity contribution is 9.10. The molecule has 1 N–H and O–H groups in total. The Morgan fingerprint density at radius 3 is 2.89 bits per heavy atom. The van der Waals surface area contributed by atoms with Crippen molar-refractivity contribution in [2.45, 2.75) is 24.0 Å². The van der Waals surface area contributed by atoms with Crippen LogP contribution in [0, 0.1) is 5.92 Å². The molecule has 1 saturated heterocycles. The largest absolute Gasteiger partial charge is 0.411 e. The average molecular weight is 367 g/mol. The molecule has 1 aromatic rings. The van der Waals surface area contributed by atoms with Crippen molar-refractivity contribution in [2.75, 3.05) is 13.1 Å². The molecule has 1 unspecified atom stereocenters. The summed E-state index contributed by atoms with van der Waals surface area (Å²) in [4.78, 5) is 0. The molecule has 1 aliphatic heterocycles. The zero-order chi connectivity index (χ0) is 14.0. The molecule has 106 valence electrons. The minimum atomic E-state index is -3.46. The average Bonchev–Trinajstić information content (AvgIpc) is 2.84. The fourth-order valence-electron chi connectivity index (χ4n) is 2.18. The number of halogens is 1. The minimum absolute atomic E-state index is 0.00716. The number of thiophene rings is 1. The topological polar surface area (TPSA) is 70.0 Å². The lowest BCUT2D eigenvalue weighted by Gasteiger charge is -2.31. The quantitative estimate of drug-likeness (QED) is 0.660. The maximum Gasteiger partial charge on any atom is 0.253 e. The van der Waals surface area contributed by atoms with Crippen molar-refractivity contribution in [3.8, 4) is 0 Å². The first-order valence-corrected chi connectivity index (χ1v) is 9.06. The Hall–Kier alpha value is -0.440. The molecule has 0 aromatic carbocycles. The molecule has 2 rings (SSSR count). The van der Waals surface area contributed by atoms with E-state index in [1.165, 1.54) is 15.6 Å². The van der Waals surface area contributed by atoms with E-state index in [4.69, 9.17) is 5.21 Å². The SMILES string of the molecule is CCC1CN(S(=O)(=O)c2sccc2Br)CC/C1=N\O. The van der Waals surface area contributed by atoms with Crippen molar-refractivity contribution in [3.05, 3.63) is 15.9 Å². The monoisotopic (exact) mass is 366 g/mol. The van der Waals surface area contributed by atoms with Crippen LogP contribution in [-0.4, -0.2) is 36.7 Å². The molecule has 0 radical (unpaired) electrons. The fraction of sp³-hybridized carbons (Fsp3) is 0.545. The molecule has 1 atom stereocenters. The fourth-order valence-corrected chi connectivity index (χ4v) is 6.12. The second kappa shape index (κ2) is 5.90. The van der Waals surface area contributed by atoms with Gasteiger partial charge in [0.05, 0.1) is 5.71 Å². The molecule has 1 aromatic heterocycles. The van der Waals surface area contributed by atoms with Gasteiger partial charge in [-0.25, -0.2) is 8.42 Å². The summed E-state index contributed by atoms with van der Waals surface area (Å²) in [5.41, 5.74) is 0.694. The first-order valence-electron chi connectivity index (χ1n) is 5.94. The normalized spacial score (nSPS) is 23.9. The van der Waals surface area contributed by atoms with Crippen molar-refractivity contribution in [3.63, 3.8) is 0 Å². The van der Waals surface area contributed by atoms with E-state index in [1.54, 1.807) is 11.4 Å². The molecule has 0 spiro atoms. The second-order valence-electron chi connectivity index (χ2n) is 4.37. The second-order valence-corrected chi connectivity index (χ2v) is 8.27.